The summed E-state index contributed by atoms with van der Waals surface area (Å²) in [5.41, 5.74) is 10.0. The number of anilines is 2. The number of aryl methyl sites for hydroxylation is 1. The Labute approximate surface area is 199 Å². The maximum Gasteiger partial charge on any atom is 0.261 e. The van der Waals surface area contributed by atoms with Gasteiger partial charge in [0.15, 0.2) is 0 Å². The predicted octanol–water partition coefficient (Wildman–Crippen LogP) is 4.56. The van der Waals surface area contributed by atoms with Crippen LogP contribution < -0.4 is 11.1 Å². The minimum Gasteiger partial charge on any atom is -0.383 e. The van der Waals surface area contributed by atoms with Gasteiger partial charge in [-0.1, -0.05) is 37.2 Å². The summed E-state index contributed by atoms with van der Waals surface area (Å²) in [6.07, 6.45) is 2.98. The minimum atomic E-state index is -1.56. The zero-order valence-corrected chi connectivity index (χ0v) is 21.1. The molecule has 1 aromatic carbocycles. The Morgan fingerprint density at radius 3 is 2.55 bits per heavy atom. The number of nitrogens with one attached hydrogen (secondary N) is 1. The highest BCUT2D eigenvalue weighted by Crippen LogP contribution is 2.54. The van der Waals surface area contributed by atoms with E-state index in [1.807, 2.05) is 0 Å². The van der Waals surface area contributed by atoms with Crippen LogP contribution in [0.5, 0.6) is 0 Å². The lowest BCUT2D eigenvalue weighted by molar-refractivity contribution is 0.0981. The quantitative estimate of drug-likeness (QED) is 0.436. The van der Waals surface area contributed by atoms with E-state index in [4.69, 9.17) is 17.3 Å². The normalized spacial score (nSPS) is 26.6. The van der Waals surface area contributed by atoms with Gasteiger partial charge in [-0.25, -0.2) is 4.39 Å². The third kappa shape index (κ3) is 4.96. The van der Waals surface area contributed by atoms with Gasteiger partial charge in [-0.15, -0.1) is 5.54 Å². The van der Waals surface area contributed by atoms with Gasteiger partial charge in [0.05, 0.1) is 10.7 Å². The van der Waals surface area contributed by atoms with Gasteiger partial charge in [-0.05, 0) is 55.7 Å². The average molecular weight is 489 g/mol. The molecule has 2 fully saturated rings. The number of amides is 1. The maximum atomic E-state index is 13.5. The standard InChI is InChI=1S/C24H30ClFN4O2Si/c1-30-22(27)20(23(31)28-17-5-6-19(26)18(25)11-17)21(29-30)14-9-15-12-24(32,13-16(15)10-14)7-8-33(2,3)4/h5-6,11,14-16,32H,9-10,12-13,27H2,1-4H3,(H,28,31). The lowest BCUT2D eigenvalue weighted by Gasteiger charge is -2.19. The highest BCUT2D eigenvalue weighted by molar-refractivity contribution is 6.83. The largest absolute Gasteiger partial charge is 0.383 e. The highest BCUT2D eigenvalue weighted by Gasteiger charge is 2.49. The van der Waals surface area contributed by atoms with Crippen molar-refractivity contribution in [1.82, 2.24) is 9.78 Å². The molecule has 2 unspecified atom stereocenters. The van der Waals surface area contributed by atoms with Gasteiger partial charge in [-0.3, -0.25) is 9.48 Å². The van der Waals surface area contributed by atoms with E-state index < -0.39 is 25.4 Å². The number of fused-ring (bicyclic) bond motifs is 1. The molecule has 0 radical (unpaired) electrons. The van der Waals surface area contributed by atoms with Gasteiger partial charge in [-0.2, -0.15) is 5.10 Å². The number of aromatic nitrogens is 2. The molecule has 0 aliphatic heterocycles. The van der Waals surface area contributed by atoms with Crippen LogP contribution in [0.2, 0.25) is 24.7 Å². The Bertz CT molecular complexity index is 1150. The van der Waals surface area contributed by atoms with Crippen LogP contribution in [0.25, 0.3) is 0 Å². The van der Waals surface area contributed by atoms with Gasteiger partial charge in [0, 0.05) is 18.7 Å². The Kier molecular flexibility index (Phi) is 6.10. The predicted molar refractivity (Wildman–Crippen MR) is 131 cm³/mol. The number of benzene rings is 1. The number of rotatable bonds is 3. The maximum absolute atomic E-state index is 13.5. The lowest BCUT2D eigenvalue weighted by atomic mass is 9.92. The zero-order chi connectivity index (χ0) is 24.1. The third-order valence-electron chi connectivity index (χ3n) is 6.62. The molecule has 4 N–H and O–H groups in total. The molecule has 1 heterocycles. The van der Waals surface area contributed by atoms with Crippen LogP contribution in [0.3, 0.4) is 0 Å². The molecule has 0 bridgehead atoms. The summed E-state index contributed by atoms with van der Waals surface area (Å²) in [5, 5.41) is 18.3. The van der Waals surface area contributed by atoms with Gasteiger partial charge in [0.2, 0.25) is 0 Å². The van der Waals surface area contributed by atoms with Crippen molar-refractivity contribution in [3.8, 4) is 11.5 Å². The summed E-state index contributed by atoms with van der Waals surface area (Å²) in [6, 6.07) is 4.02. The lowest BCUT2D eigenvalue weighted by Crippen LogP contribution is -2.26. The van der Waals surface area contributed by atoms with E-state index in [2.05, 4.69) is 41.5 Å². The van der Waals surface area contributed by atoms with E-state index in [9.17, 15) is 14.3 Å². The topological polar surface area (TPSA) is 93.2 Å². The summed E-state index contributed by atoms with van der Waals surface area (Å²) in [7, 11) is 0.155. The molecule has 4 rings (SSSR count). The number of halogens is 2. The Hall–Kier alpha value is -2.34. The van der Waals surface area contributed by atoms with Crippen LogP contribution in [0.15, 0.2) is 18.2 Å². The summed E-state index contributed by atoms with van der Waals surface area (Å²) in [6.45, 7) is 6.52. The number of hydrogen-bond donors (Lipinski definition) is 3. The second kappa shape index (κ2) is 8.46. The van der Waals surface area contributed by atoms with Gasteiger partial charge in [0.25, 0.3) is 5.91 Å². The molecule has 6 nitrogen and oxygen atoms in total. The first kappa shape index (κ1) is 23.8. The van der Waals surface area contributed by atoms with Crippen molar-refractivity contribution in [1.29, 1.82) is 0 Å². The second-order valence-electron chi connectivity index (χ2n) is 10.5. The Morgan fingerprint density at radius 1 is 1.33 bits per heavy atom. The summed E-state index contributed by atoms with van der Waals surface area (Å²) in [5.74, 6) is 3.28. The van der Waals surface area contributed by atoms with Crippen molar-refractivity contribution < 1.29 is 14.3 Å². The fraction of sp³-hybridized carbons (Fsp3) is 0.500. The monoisotopic (exact) mass is 488 g/mol. The number of aliphatic hydroxyl groups is 1. The van der Waals surface area contributed by atoms with Gasteiger partial charge < -0.3 is 16.2 Å². The molecule has 2 atom stereocenters. The molecule has 2 aromatic rings. The number of carbonyl (C=O) groups is 1. The van der Waals surface area contributed by atoms with Crippen LogP contribution >= 0.6 is 11.6 Å². The van der Waals surface area contributed by atoms with Crippen molar-refractivity contribution in [3.63, 3.8) is 0 Å². The molecule has 2 aliphatic carbocycles. The van der Waals surface area contributed by atoms with Crippen LogP contribution in [-0.2, 0) is 7.05 Å². The van der Waals surface area contributed by atoms with Crippen molar-refractivity contribution in [2.45, 2.75) is 56.8 Å². The minimum absolute atomic E-state index is 0.0690. The molecule has 2 saturated carbocycles. The molecule has 1 aromatic heterocycles. The van der Waals surface area contributed by atoms with E-state index >= 15 is 0 Å². The number of nitrogens with zero attached hydrogens (tertiary/aromatic N) is 2. The molecule has 33 heavy (non-hydrogen) atoms. The van der Waals surface area contributed by atoms with Crippen molar-refractivity contribution in [2.24, 2.45) is 18.9 Å². The fourth-order valence-corrected chi connectivity index (χ4v) is 5.92. The van der Waals surface area contributed by atoms with Crippen LogP contribution in [0.4, 0.5) is 15.9 Å². The summed E-state index contributed by atoms with van der Waals surface area (Å²) >= 11 is 5.84. The van der Waals surface area contributed by atoms with Crippen LogP contribution in [-0.4, -0.2) is 34.5 Å². The van der Waals surface area contributed by atoms with Gasteiger partial charge >= 0.3 is 0 Å². The van der Waals surface area contributed by atoms with Crippen molar-refractivity contribution in [2.75, 3.05) is 11.1 Å². The third-order valence-corrected chi connectivity index (χ3v) is 7.79. The fourth-order valence-electron chi connectivity index (χ4n) is 5.14. The molecule has 0 saturated heterocycles. The van der Waals surface area contributed by atoms with E-state index in [-0.39, 0.29) is 16.8 Å². The van der Waals surface area contributed by atoms with E-state index in [1.54, 1.807) is 7.05 Å². The number of hydrogen-bond acceptors (Lipinski definition) is 4. The molecule has 2 aliphatic rings. The average Bonchev–Trinajstić information content (AvgIpc) is 3.32. The van der Waals surface area contributed by atoms with E-state index in [0.717, 1.165) is 12.8 Å². The molecule has 9 heteroatoms. The molecule has 1 amide bonds. The first-order valence-electron chi connectivity index (χ1n) is 11.2. The molecular weight excluding hydrogens is 459 g/mol. The smallest absolute Gasteiger partial charge is 0.261 e. The number of nitrogen functional groups attached to an aromatic ring is 1. The van der Waals surface area contributed by atoms with Crippen molar-refractivity contribution >= 4 is 37.1 Å². The number of nitrogens with two attached hydrogens (primary N) is 1. The molecule has 176 valence electrons. The SMILES string of the molecule is Cn1nc(C2CC3CC(O)(C#C[Si](C)(C)C)CC3C2)c(C(=O)Nc2ccc(F)c(Cl)c2)c1N. The van der Waals surface area contributed by atoms with E-state index in [0.29, 0.717) is 41.6 Å². The van der Waals surface area contributed by atoms with Crippen LogP contribution in [0, 0.1) is 29.1 Å². The summed E-state index contributed by atoms with van der Waals surface area (Å²) in [4.78, 5) is 13.1. The Balaban J connectivity index is 1.52. The zero-order valence-electron chi connectivity index (χ0n) is 19.4. The first-order chi connectivity index (χ1) is 15.3. The molecular formula is C24H30ClFN4O2Si. The highest BCUT2D eigenvalue weighted by atomic mass is 35.5. The first-order valence-corrected chi connectivity index (χ1v) is 15.1. The number of carbonyl (C=O) groups excluding carboxylic acids is 1. The van der Waals surface area contributed by atoms with E-state index in [1.165, 1.54) is 22.9 Å². The Morgan fingerprint density at radius 2 is 1.97 bits per heavy atom. The molecule has 0 spiro atoms. The second-order valence-corrected chi connectivity index (χ2v) is 15.6. The summed E-state index contributed by atoms with van der Waals surface area (Å²) < 4.78 is 15.0. The van der Waals surface area contributed by atoms with Crippen molar-refractivity contribution in [3.05, 3.63) is 40.3 Å². The van der Waals surface area contributed by atoms with Crippen LogP contribution in [0.1, 0.15) is 47.7 Å². The van der Waals surface area contributed by atoms with Gasteiger partial charge in [0.1, 0.15) is 30.9 Å².